The SMILES string of the molecule is CCNCc1nccc(C(F)(F)F)n1. The molecule has 0 aliphatic heterocycles. The minimum Gasteiger partial charge on any atom is -0.310 e. The first-order valence-electron chi connectivity index (χ1n) is 4.14. The lowest BCUT2D eigenvalue weighted by atomic mass is 10.4. The molecule has 0 atom stereocenters. The van der Waals surface area contributed by atoms with Gasteiger partial charge in [-0.15, -0.1) is 0 Å². The van der Waals surface area contributed by atoms with Crippen molar-refractivity contribution in [1.29, 1.82) is 0 Å². The number of alkyl halides is 3. The molecule has 0 aliphatic rings. The van der Waals surface area contributed by atoms with Crippen LogP contribution in [-0.2, 0) is 12.7 Å². The molecular formula is C8H10F3N3. The molecule has 1 N–H and O–H groups in total. The van der Waals surface area contributed by atoms with Crippen molar-refractivity contribution >= 4 is 0 Å². The van der Waals surface area contributed by atoms with E-state index >= 15 is 0 Å². The second kappa shape index (κ2) is 4.36. The summed E-state index contributed by atoms with van der Waals surface area (Å²) in [7, 11) is 0. The summed E-state index contributed by atoms with van der Waals surface area (Å²) >= 11 is 0. The highest BCUT2D eigenvalue weighted by atomic mass is 19.4. The number of hydrogen-bond acceptors (Lipinski definition) is 3. The molecule has 1 rings (SSSR count). The summed E-state index contributed by atoms with van der Waals surface area (Å²) in [5.74, 6) is 0.154. The van der Waals surface area contributed by atoms with Gasteiger partial charge in [0.25, 0.3) is 0 Å². The number of hydrogen-bond donors (Lipinski definition) is 1. The predicted molar refractivity (Wildman–Crippen MR) is 44.4 cm³/mol. The Morgan fingerprint density at radius 3 is 2.71 bits per heavy atom. The predicted octanol–water partition coefficient (Wildman–Crippen LogP) is 1.60. The van der Waals surface area contributed by atoms with Crippen LogP contribution in [0.4, 0.5) is 13.2 Å². The summed E-state index contributed by atoms with van der Waals surface area (Å²) in [4.78, 5) is 7.10. The van der Waals surface area contributed by atoms with Crippen molar-refractivity contribution in [3.63, 3.8) is 0 Å². The van der Waals surface area contributed by atoms with Crippen molar-refractivity contribution in [2.45, 2.75) is 19.6 Å². The van der Waals surface area contributed by atoms with Gasteiger partial charge in [-0.05, 0) is 12.6 Å². The Morgan fingerprint density at radius 1 is 1.43 bits per heavy atom. The maximum atomic E-state index is 12.2. The average Bonchev–Trinajstić information content (AvgIpc) is 2.14. The Bertz CT molecular complexity index is 298. The van der Waals surface area contributed by atoms with E-state index in [1.54, 1.807) is 0 Å². The zero-order valence-corrected chi connectivity index (χ0v) is 7.60. The van der Waals surface area contributed by atoms with E-state index in [0.29, 0.717) is 6.54 Å². The van der Waals surface area contributed by atoms with Crippen LogP contribution in [0.15, 0.2) is 12.3 Å². The van der Waals surface area contributed by atoms with Crippen molar-refractivity contribution < 1.29 is 13.2 Å². The molecular weight excluding hydrogens is 195 g/mol. The fourth-order valence-electron chi connectivity index (χ4n) is 0.879. The maximum absolute atomic E-state index is 12.2. The minimum atomic E-state index is -4.40. The van der Waals surface area contributed by atoms with Crippen LogP contribution in [0, 0.1) is 0 Å². The Kier molecular flexibility index (Phi) is 3.40. The summed E-state index contributed by atoms with van der Waals surface area (Å²) < 4.78 is 36.5. The monoisotopic (exact) mass is 205 g/mol. The number of rotatable bonds is 3. The molecule has 1 heterocycles. The zero-order chi connectivity index (χ0) is 10.6. The Labute approximate surface area is 79.4 Å². The van der Waals surface area contributed by atoms with Gasteiger partial charge < -0.3 is 5.32 Å². The van der Waals surface area contributed by atoms with E-state index < -0.39 is 11.9 Å². The highest BCUT2D eigenvalue weighted by molar-refractivity contribution is 5.05. The lowest BCUT2D eigenvalue weighted by Crippen LogP contribution is -2.17. The molecule has 0 unspecified atom stereocenters. The maximum Gasteiger partial charge on any atom is 0.433 e. The minimum absolute atomic E-state index is 0.154. The molecule has 0 saturated carbocycles. The normalized spacial score (nSPS) is 11.7. The van der Waals surface area contributed by atoms with Gasteiger partial charge in [0.2, 0.25) is 0 Å². The van der Waals surface area contributed by atoms with Gasteiger partial charge >= 0.3 is 6.18 Å². The molecule has 0 spiro atoms. The summed E-state index contributed by atoms with van der Waals surface area (Å²) in [5, 5.41) is 2.85. The Hall–Kier alpha value is -1.17. The van der Waals surface area contributed by atoms with E-state index in [-0.39, 0.29) is 12.4 Å². The van der Waals surface area contributed by atoms with E-state index in [9.17, 15) is 13.2 Å². The first kappa shape index (κ1) is 10.9. The summed E-state index contributed by atoms with van der Waals surface area (Å²) in [5.41, 5.74) is -0.902. The van der Waals surface area contributed by atoms with Gasteiger partial charge in [-0.25, -0.2) is 9.97 Å². The molecule has 0 bridgehead atoms. The first-order chi connectivity index (χ1) is 6.54. The molecule has 3 nitrogen and oxygen atoms in total. The third-order valence-electron chi connectivity index (χ3n) is 1.53. The van der Waals surface area contributed by atoms with Crippen LogP contribution in [0.2, 0.25) is 0 Å². The molecule has 6 heteroatoms. The zero-order valence-electron chi connectivity index (χ0n) is 7.60. The van der Waals surface area contributed by atoms with E-state index in [0.717, 1.165) is 12.3 Å². The molecule has 0 fully saturated rings. The largest absolute Gasteiger partial charge is 0.433 e. The molecule has 14 heavy (non-hydrogen) atoms. The van der Waals surface area contributed by atoms with Crippen LogP contribution in [0.1, 0.15) is 18.4 Å². The fourth-order valence-corrected chi connectivity index (χ4v) is 0.879. The number of nitrogens with zero attached hydrogens (tertiary/aromatic N) is 2. The summed E-state index contributed by atoms with van der Waals surface area (Å²) in [6.45, 7) is 2.77. The van der Waals surface area contributed by atoms with E-state index in [2.05, 4.69) is 15.3 Å². The molecule has 0 saturated heterocycles. The summed E-state index contributed by atoms with van der Waals surface area (Å²) in [6, 6.07) is 0.857. The first-order valence-corrected chi connectivity index (χ1v) is 4.14. The number of halogens is 3. The molecule has 1 aromatic heterocycles. The average molecular weight is 205 g/mol. The van der Waals surface area contributed by atoms with Crippen molar-refractivity contribution in [2.24, 2.45) is 0 Å². The van der Waals surface area contributed by atoms with Gasteiger partial charge in [-0.2, -0.15) is 13.2 Å². The van der Waals surface area contributed by atoms with Crippen molar-refractivity contribution in [3.8, 4) is 0 Å². The fraction of sp³-hybridized carbons (Fsp3) is 0.500. The molecule has 78 valence electrons. The summed E-state index contributed by atoms with van der Waals surface area (Å²) in [6.07, 6.45) is -3.29. The van der Waals surface area contributed by atoms with E-state index in [4.69, 9.17) is 0 Å². The molecule has 0 amide bonds. The smallest absolute Gasteiger partial charge is 0.310 e. The van der Waals surface area contributed by atoms with Gasteiger partial charge in [0, 0.05) is 6.20 Å². The lowest BCUT2D eigenvalue weighted by molar-refractivity contribution is -0.141. The van der Waals surface area contributed by atoms with Gasteiger partial charge in [-0.3, -0.25) is 0 Å². The second-order valence-corrected chi connectivity index (χ2v) is 2.64. The van der Waals surface area contributed by atoms with Crippen LogP contribution in [0.3, 0.4) is 0 Å². The quantitative estimate of drug-likeness (QED) is 0.814. The highest BCUT2D eigenvalue weighted by Gasteiger charge is 2.32. The molecule has 1 aromatic rings. The van der Waals surface area contributed by atoms with Crippen LogP contribution < -0.4 is 5.32 Å². The molecule has 0 radical (unpaired) electrons. The molecule has 0 aliphatic carbocycles. The van der Waals surface area contributed by atoms with E-state index in [1.807, 2.05) is 6.92 Å². The van der Waals surface area contributed by atoms with Crippen LogP contribution in [0.5, 0.6) is 0 Å². The van der Waals surface area contributed by atoms with Gasteiger partial charge in [0.05, 0.1) is 6.54 Å². The third-order valence-corrected chi connectivity index (χ3v) is 1.53. The Morgan fingerprint density at radius 2 is 2.14 bits per heavy atom. The van der Waals surface area contributed by atoms with Gasteiger partial charge in [0.15, 0.2) is 0 Å². The van der Waals surface area contributed by atoms with Crippen molar-refractivity contribution in [1.82, 2.24) is 15.3 Å². The number of nitrogens with one attached hydrogen (secondary N) is 1. The van der Waals surface area contributed by atoms with Crippen LogP contribution in [-0.4, -0.2) is 16.5 Å². The lowest BCUT2D eigenvalue weighted by Gasteiger charge is -2.06. The van der Waals surface area contributed by atoms with Crippen LogP contribution >= 0.6 is 0 Å². The standard InChI is InChI=1S/C8H10F3N3/c1-2-12-5-7-13-4-3-6(14-7)8(9,10)11/h3-4,12H,2,5H2,1H3. The number of aromatic nitrogens is 2. The van der Waals surface area contributed by atoms with Crippen molar-refractivity contribution in [2.75, 3.05) is 6.54 Å². The Balaban J connectivity index is 2.79. The van der Waals surface area contributed by atoms with Crippen LogP contribution in [0.25, 0.3) is 0 Å². The van der Waals surface area contributed by atoms with Crippen molar-refractivity contribution in [3.05, 3.63) is 23.8 Å². The van der Waals surface area contributed by atoms with E-state index in [1.165, 1.54) is 0 Å². The third kappa shape index (κ3) is 2.95. The highest BCUT2D eigenvalue weighted by Crippen LogP contribution is 2.26. The van der Waals surface area contributed by atoms with Gasteiger partial charge in [-0.1, -0.05) is 6.92 Å². The molecule has 0 aromatic carbocycles. The van der Waals surface area contributed by atoms with Gasteiger partial charge in [0.1, 0.15) is 11.5 Å². The second-order valence-electron chi connectivity index (χ2n) is 2.64. The topological polar surface area (TPSA) is 37.8 Å².